The van der Waals surface area contributed by atoms with E-state index in [-0.39, 0.29) is 0 Å². The number of nitrogens with zero attached hydrogens (tertiary/aromatic N) is 2. The van der Waals surface area contributed by atoms with E-state index in [2.05, 4.69) is 22.8 Å². The average molecular weight is 234 g/mol. The lowest BCUT2D eigenvalue weighted by atomic mass is 10.1. The maximum Gasteiger partial charge on any atom is 0.120 e. The minimum atomic E-state index is 0.422. The normalized spacial score (nSPS) is 28.9. The van der Waals surface area contributed by atoms with Gasteiger partial charge in [0.25, 0.3) is 0 Å². The van der Waals surface area contributed by atoms with E-state index in [0.717, 1.165) is 11.8 Å². The van der Waals surface area contributed by atoms with Gasteiger partial charge in [0.15, 0.2) is 0 Å². The molecule has 1 aromatic rings. The maximum absolute atomic E-state index is 5.55. The highest BCUT2D eigenvalue weighted by atomic mass is 16.3. The molecule has 3 nitrogen and oxygen atoms in total. The van der Waals surface area contributed by atoms with Gasteiger partial charge < -0.3 is 4.42 Å². The first-order valence-electron chi connectivity index (χ1n) is 6.86. The van der Waals surface area contributed by atoms with Crippen molar-refractivity contribution in [2.24, 2.45) is 0 Å². The second-order valence-corrected chi connectivity index (χ2v) is 5.37. The average Bonchev–Trinajstić information content (AvgIpc) is 2.96. The van der Waals surface area contributed by atoms with Crippen LogP contribution in [0, 0.1) is 0 Å². The minimum absolute atomic E-state index is 0.422. The largest absolute Gasteiger partial charge is 0.468 e. The van der Waals surface area contributed by atoms with Gasteiger partial charge >= 0.3 is 0 Å². The van der Waals surface area contributed by atoms with Crippen LogP contribution in [0.5, 0.6) is 0 Å². The molecule has 2 atom stereocenters. The third kappa shape index (κ3) is 2.26. The zero-order valence-electron chi connectivity index (χ0n) is 10.6. The Morgan fingerprint density at radius 1 is 1.29 bits per heavy atom. The molecule has 0 aliphatic carbocycles. The summed E-state index contributed by atoms with van der Waals surface area (Å²) in [6.07, 6.45) is 5.84. The highest BCUT2D eigenvalue weighted by Crippen LogP contribution is 2.27. The molecule has 3 heteroatoms. The van der Waals surface area contributed by atoms with Crippen LogP contribution in [-0.4, -0.2) is 42.0 Å². The first kappa shape index (κ1) is 11.3. The summed E-state index contributed by atoms with van der Waals surface area (Å²) in [5, 5.41) is 0. The molecule has 0 spiro atoms. The van der Waals surface area contributed by atoms with Crippen LogP contribution < -0.4 is 0 Å². The number of rotatable bonds is 2. The lowest BCUT2D eigenvalue weighted by molar-refractivity contribution is 0.167. The fourth-order valence-electron chi connectivity index (χ4n) is 3.30. The van der Waals surface area contributed by atoms with Crippen LogP contribution in [0.25, 0.3) is 0 Å². The molecule has 0 amide bonds. The van der Waals surface area contributed by atoms with Gasteiger partial charge in [0.05, 0.1) is 12.3 Å². The van der Waals surface area contributed by atoms with Crippen molar-refractivity contribution in [2.75, 3.05) is 26.2 Å². The van der Waals surface area contributed by atoms with Gasteiger partial charge in [-0.25, -0.2) is 0 Å². The molecule has 94 valence electrons. The van der Waals surface area contributed by atoms with Crippen molar-refractivity contribution in [2.45, 2.75) is 38.3 Å². The summed E-state index contributed by atoms with van der Waals surface area (Å²) in [4.78, 5) is 5.27. The molecule has 0 aromatic carbocycles. The number of hydrogen-bond acceptors (Lipinski definition) is 3. The minimum Gasteiger partial charge on any atom is -0.468 e. The first-order chi connectivity index (χ1) is 8.34. The topological polar surface area (TPSA) is 19.6 Å². The fourth-order valence-corrected chi connectivity index (χ4v) is 3.30. The Labute approximate surface area is 103 Å². The van der Waals surface area contributed by atoms with Crippen molar-refractivity contribution in [3.05, 3.63) is 24.2 Å². The van der Waals surface area contributed by atoms with Gasteiger partial charge in [-0.3, -0.25) is 9.80 Å². The van der Waals surface area contributed by atoms with Crippen LogP contribution in [0.15, 0.2) is 22.8 Å². The van der Waals surface area contributed by atoms with Gasteiger partial charge in [-0.2, -0.15) is 0 Å². The molecule has 2 unspecified atom stereocenters. The number of hydrogen-bond donors (Lipinski definition) is 0. The summed E-state index contributed by atoms with van der Waals surface area (Å²) >= 11 is 0. The van der Waals surface area contributed by atoms with E-state index in [0.29, 0.717) is 6.04 Å². The van der Waals surface area contributed by atoms with Crippen molar-refractivity contribution in [3.8, 4) is 0 Å². The molecule has 2 fully saturated rings. The van der Waals surface area contributed by atoms with Gasteiger partial charge in [0.2, 0.25) is 0 Å². The first-order valence-corrected chi connectivity index (χ1v) is 6.86. The molecular formula is C14H22N2O. The Bertz CT molecular complexity index is 349. The molecule has 2 aliphatic heterocycles. The molecule has 0 bridgehead atoms. The molecule has 0 radical (unpaired) electrons. The van der Waals surface area contributed by atoms with Crippen LogP contribution in [0.2, 0.25) is 0 Å². The molecular weight excluding hydrogens is 212 g/mol. The summed E-state index contributed by atoms with van der Waals surface area (Å²) in [6, 6.07) is 5.30. The zero-order chi connectivity index (χ0) is 11.7. The maximum atomic E-state index is 5.55. The lowest BCUT2D eigenvalue weighted by Crippen LogP contribution is -2.37. The molecule has 1 aromatic heterocycles. The van der Waals surface area contributed by atoms with E-state index in [1.165, 1.54) is 45.4 Å². The molecule has 2 saturated heterocycles. The Morgan fingerprint density at radius 3 is 3.00 bits per heavy atom. The van der Waals surface area contributed by atoms with Crippen molar-refractivity contribution in [1.29, 1.82) is 0 Å². The van der Waals surface area contributed by atoms with E-state index >= 15 is 0 Å². The second-order valence-electron chi connectivity index (χ2n) is 5.37. The molecule has 2 aliphatic rings. The van der Waals surface area contributed by atoms with Crippen molar-refractivity contribution >= 4 is 0 Å². The molecule has 3 rings (SSSR count). The van der Waals surface area contributed by atoms with E-state index in [1.54, 1.807) is 6.26 Å². The second kappa shape index (κ2) is 4.83. The number of fused-ring (bicyclic) bond motifs is 1. The van der Waals surface area contributed by atoms with Crippen LogP contribution in [0.3, 0.4) is 0 Å². The smallest absolute Gasteiger partial charge is 0.120 e. The molecule has 17 heavy (non-hydrogen) atoms. The summed E-state index contributed by atoms with van der Waals surface area (Å²) in [6.45, 7) is 7.28. The Kier molecular flexibility index (Phi) is 3.21. The third-order valence-corrected chi connectivity index (χ3v) is 4.34. The lowest BCUT2D eigenvalue weighted by Gasteiger charge is -2.29. The van der Waals surface area contributed by atoms with E-state index in [9.17, 15) is 0 Å². The zero-order valence-corrected chi connectivity index (χ0v) is 10.6. The monoisotopic (exact) mass is 234 g/mol. The standard InChI is InChI=1S/C14H22N2O/c1-12(14-6-3-10-17-14)16-9-4-8-15-7-2-5-13(15)11-16/h3,6,10,12-13H,2,4-5,7-9,11H2,1H3. The van der Waals surface area contributed by atoms with Gasteiger partial charge in [0, 0.05) is 19.1 Å². The summed E-state index contributed by atoms with van der Waals surface area (Å²) < 4.78 is 5.55. The van der Waals surface area contributed by atoms with Crippen molar-refractivity contribution in [1.82, 2.24) is 9.80 Å². The van der Waals surface area contributed by atoms with Crippen molar-refractivity contribution in [3.63, 3.8) is 0 Å². The van der Waals surface area contributed by atoms with Gasteiger partial charge in [-0.05, 0) is 51.4 Å². The van der Waals surface area contributed by atoms with E-state index < -0.39 is 0 Å². The molecule has 0 saturated carbocycles. The molecule has 0 N–H and O–H groups in total. The fraction of sp³-hybridized carbons (Fsp3) is 0.714. The summed E-state index contributed by atoms with van der Waals surface area (Å²) in [7, 11) is 0. The number of furan rings is 1. The third-order valence-electron chi connectivity index (χ3n) is 4.34. The Morgan fingerprint density at radius 2 is 2.18 bits per heavy atom. The van der Waals surface area contributed by atoms with E-state index in [1.807, 2.05) is 6.07 Å². The highest BCUT2D eigenvalue weighted by Gasteiger charge is 2.31. The van der Waals surface area contributed by atoms with Gasteiger partial charge in [0.1, 0.15) is 5.76 Å². The van der Waals surface area contributed by atoms with Crippen LogP contribution in [0.4, 0.5) is 0 Å². The predicted octanol–water partition coefficient (Wildman–Crippen LogP) is 2.51. The van der Waals surface area contributed by atoms with Crippen molar-refractivity contribution < 1.29 is 4.42 Å². The summed E-state index contributed by atoms with van der Waals surface area (Å²) in [5.41, 5.74) is 0. The predicted molar refractivity (Wildman–Crippen MR) is 67.9 cm³/mol. The van der Waals surface area contributed by atoms with Gasteiger partial charge in [-0.15, -0.1) is 0 Å². The van der Waals surface area contributed by atoms with Crippen LogP contribution in [-0.2, 0) is 0 Å². The quantitative estimate of drug-likeness (QED) is 0.784. The highest BCUT2D eigenvalue weighted by molar-refractivity contribution is 5.04. The molecule has 3 heterocycles. The Balaban J connectivity index is 1.70. The summed E-state index contributed by atoms with van der Waals surface area (Å²) in [5.74, 6) is 1.11. The Hall–Kier alpha value is -0.800. The van der Waals surface area contributed by atoms with Gasteiger partial charge in [-0.1, -0.05) is 0 Å². The SMILES string of the molecule is CC(c1ccco1)N1CCCN2CCCC2C1. The van der Waals surface area contributed by atoms with Crippen LogP contribution >= 0.6 is 0 Å². The van der Waals surface area contributed by atoms with E-state index in [4.69, 9.17) is 4.42 Å². The van der Waals surface area contributed by atoms with Crippen LogP contribution in [0.1, 0.15) is 38.0 Å².